The Morgan fingerprint density at radius 3 is 2.61 bits per heavy atom. The van der Waals surface area contributed by atoms with Gasteiger partial charge in [0.2, 0.25) is 5.91 Å². The first-order valence-corrected chi connectivity index (χ1v) is 7.78. The van der Waals surface area contributed by atoms with E-state index in [-0.39, 0.29) is 17.7 Å². The molecule has 1 aromatic rings. The van der Waals surface area contributed by atoms with Crippen molar-refractivity contribution in [2.45, 2.75) is 25.8 Å². The SMILES string of the molecule is CNC(=O)CN1CCC(Nc2cc(C#N)ccc2C(C)=O)CC1. The van der Waals surface area contributed by atoms with E-state index in [1.54, 1.807) is 25.2 Å². The molecule has 23 heavy (non-hydrogen) atoms. The molecule has 0 bridgehead atoms. The van der Waals surface area contributed by atoms with Crippen molar-refractivity contribution >= 4 is 17.4 Å². The van der Waals surface area contributed by atoms with Crippen molar-refractivity contribution in [3.63, 3.8) is 0 Å². The number of piperidine rings is 1. The fourth-order valence-electron chi connectivity index (χ4n) is 2.78. The zero-order valence-corrected chi connectivity index (χ0v) is 13.6. The van der Waals surface area contributed by atoms with Crippen LogP contribution in [0.3, 0.4) is 0 Å². The highest BCUT2D eigenvalue weighted by atomic mass is 16.2. The Morgan fingerprint density at radius 2 is 2.04 bits per heavy atom. The summed E-state index contributed by atoms with van der Waals surface area (Å²) in [4.78, 5) is 25.3. The van der Waals surface area contributed by atoms with Gasteiger partial charge < -0.3 is 10.6 Å². The molecule has 6 heteroatoms. The van der Waals surface area contributed by atoms with Crippen LogP contribution < -0.4 is 10.6 Å². The van der Waals surface area contributed by atoms with Crippen molar-refractivity contribution in [3.05, 3.63) is 29.3 Å². The Bertz CT molecular complexity index is 628. The molecule has 6 nitrogen and oxygen atoms in total. The summed E-state index contributed by atoms with van der Waals surface area (Å²) in [6.07, 6.45) is 1.79. The predicted molar refractivity (Wildman–Crippen MR) is 88.3 cm³/mol. The van der Waals surface area contributed by atoms with Crippen LogP contribution in [0.4, 0.5) is 5.69 Å². The molecule has 0 radical (unpaired) electrons. The van der Waals surface area contributed by atoms with Crippen molar-refractivity contribution in [2.24, 2.45) is 0 Å². The minimum atomic E-state index is -0.0194. The Balaban J connectivity index is 2.00. The topological polar surface area (TPSA) is 85.2 Å². The number of ketones is 1. The van der Waals surface area contributed by atoms with Gasteiger partial charge in [-0.25, -0.2) is 0 Å². The summed E-state index contributed by atoms with van der Waals surface area (Å²) in [7, 11) is 1.64. The predicted octanol–water partition coefficient (Wildman–Crippen LogP) is 1.38. The summed E-state index contributed by atoms with van der Waals surface area (Å²) in [6, 6.07) is 7.43. The quantitative estimate of drug-likeness (QED) is 0.802. The first-order chi connectivity index (χ1) is 11.0. The van der Waals surface area contributed by atoms with Crippen LogP contribution in [0.5, 0.6) is 0 Å². The van der Waals surface area contributed by atoms with Crippen molar-refractivity contribution < 1.29 is 9.59 Å². The average Bonchev–Trinajstić information content (AvgIpc) is 2.56. The third kappa shape index (κ3) is 4.54. The van der Waals surface area contributed by atoms with Crippen molar-refractivity contribution in [2.75, 3.05) is 32.0 Å². The molecular weight excluding hydrogens is 292 g/mol. The highest BCUT2D eigenvalue weighted by Gasteiger charge is 2.21. The number of nitriles is 1. The van der Waals surface area contributed by atoms with Crippen LogP contribution in [0.2, 0.25) is 0 Å². The van der Waals surface area contributed by atoms with Crippen molar-refractivity contribution in [1.29, 1.82) is 5.26 Å². The Kier molecular flexibility index (Phi) is 5.72. The van der Waals surface area contributed by atoms with Gasteiger partial charge in [0.05, 0.1) is 18.2 Å². The fraction of sp³-hybridized carbons (Fsp3) is 0.471. The largest absolute Gasteiger partial charge is 0.382 e. The molecule has 1 aliphatic rings. The van der Waals surface area contributed by atoms with Crippen LogP contribution in [0.15, 0.2) is 18.2 Å². The molecule has 0 atom stereocenters. The molecule has 1 fully saturated rings. The molecule has 1 heterocycles. The van der Waals surface area contributed by atoms with Crippen LogP contribution in [0, 0.1) is 11.3 Å². The van der Waals surface area contributed by atoms with Gasteiger partial charge in [0.15, 0.2) is 5.78 Å². The van der Waals surface area contributed by atoms with Crippen molar-refractivity contribution in [3.8, 4) is 6.07 Å². The van der Waals surface area contributed by atoms with E-state index in [1.807, 2.05) is 0 Å². The van der Waals surface area contributed by atoms with Gasteiger partial charge in [0, 0.05) is 37.4 Å². The second kappa shape index (κ2) is 7.75. The normalized spacial score (nSPS) is 15.7. The van der Waals surface area contributed by atoms with Gasteiger partial charge in [-0.2, -0.15) is 5.26 Å². The van der Waals surface area contributed by atoms with Crippen molar-refractivity contribution in [1.82, 2.24) is 10.2 Å². The monoisotopic (exact) mass is 314 g/mol. The van der Waals surface area contributed by atoms with Gasteiger partial charge in [-0.1, -0.05) is 0 Å². The number of rotatable bonds is 5. The maximum absolute atomic E-state index is 11.7. The number of amides is 1. The number of nitrogens with zero attached hydrogens (tertiary/aromatic N) is 2. The molecule has 2 rings (SSSR count). The van der Waals surface area contributed by atoms with E-state index in [0.717, 1.165) is 31.6 Å². The number of hydrogen-bond acceptors (Lipinski definition) is 5. The summed E-state index contributed by atoms with van der Waals surface area (Å²) >= 11 is 0. The van der Waals surface area contributed by atoms with E-state index in [2.05, 4.69) is 21.6 Å². The highest BCUT2D eigenvalue weighted by molar-refractivity contribution is 5.99. The molecule has 2 N–H and O–H groups in total. The number of carbonyl (C=O) groups excluding carboxylic acids is 2. The summed E-state index contributed by atoms with van der Waals surface area (Å²) in [5, 5.41) is 15.1. The van der Waals surface area contributed by atoms with Crippen LogP contribution in [-0.4, -0.2) is 49.3 Å². The van der Waals surface area contributed by atoms with E-state index in [1.165, 1.54) is 6.92 Å². The molecule has 1 aliphatic heterocycles. The Labute approximate surface area is 136 Å². The van der Waals surface area contributed by atoms with E-state index in [0.29, 0.717) is 17.7 Å². The second-order valence-corrected chi connectivity index (χ2v) is 5.80. The maximum atomic E-state index is 11.7. The first kappa shape index (κ1) is 17.0. The van der Waals surface area contributed by atoms with E-state index in [9.17, 15) is 9.59 Å². The summed E-state index contributed by atoms with van der Waals surface area (Å²) in [5.41, 5.74) is 1.87. The first-order valence-electron chi connectivity index (χ1n) is 7.78. The van der Waals surface area contributed by atoms with Gasteiger partial charge in [0.1, 0.15) is 0 Å². The third-order valence-corrected chi connectivity index (χ3v) is 4.12. The lowest BCUT2D eigenvalue weighted by Crippen LogP contribution is -2.43. The van der Waals surface area contributed by atoms with Crippen LogP contribution >= 0.6 is 0 Å². The Morgan fingerprint density at radius 1 is 1.35 bits per heavy atom. The van der Waals surface area contributed by atoms with Gasteiger partial charge in [-0.3, -0.25) is 14.5 Å². The second-order valence-electron chi connectivity index (χ2n) is 5.80. The fourth-order valence-corrected chi connectivity index (χ4v) is 2.78. The molecule has 1 aromatic carbocycles. The third-order valence-electron chi connectivity index (χ3n) is 4.12. The zero-order chi connectivity index (χ0) is 16.8. The minimum absolute atomic E-state index is 0.0194. The smallest absolute Gasteiger partial charge is 0.233 e. The number of benzene rings is 1. The molecule has 0 saturated carbocycles. The van der Waals surface area contributed by atoms with Crippen LogP contribution in [0.25, 0.3) is 0 Å². The number of Topliss-reactive ketones (excluding diaryl/α,β-unsaturated/α-hetero) is 1. The van der Waals surface area contributed by atoms with Crippen LogP contribution in [0.1, 0.15) is 35.7 Å². The summed E-state index contributed by atoms with van der Waals surface area (Å²) < 4.78 is 0. The van der Waals surface area contributed by atoms with E-state index < -0.39 is 0 Å². The van der Waals surface area contributed by atoms with Crippen LogP contribution in [-0.2, 0) is 4.79 Å². The van der Waals surface area contributed by atoms with Gasteiger partial charge in [0.25, 0.3) is 0 Å². The molecule has 0 aliphatic carbocycles. The van der Waals surface area contributed by atoms with E-state index >= 15 is 0 Å². The van der Waals surface area contributed by atoms with Gasteiger partial charge in [-0.05, 0) is 38.0 Å². The minimum Gasteiger partial charge on any atom is -0.382 e. The maximum Gasteiger partial charge on any atom is 0.233 e. The lowest BCUT2D eigenvalue weighted by atomic mass is 10.0. The Hall–Kier alpha value is -2.39. The molecule has 122 valence electrons. The number of anilines is 1. The average molecular weight is 314 g/mol. The lowest BCUT2D eigenvalue weighted by Gasteiger charge is -2.32. The molecule has 1 amide bonds. The molecule has 0 spiro atoms. The molecule has 0 unspecified atom stereocenters. The molecule has 1 saturated heterocycles. The van der Waals surface area contributed by atoms with Gasteiger partial charge >= 0.3 is 0 Å². The molecular formula is C17H22N4O2. The molecule has 0 aromatic heterocycles. The van der Waals surface area contributed by atoms with Gasteiger partial charge in [-0.15, -0.1) is 0 Å². The van der Waals surface area contributed by atoms with E-state index in [4.69, 9.17) is 5.26 Å². The highest BCUT2D eigenvalue weighted by Crippen LogP contribution is 2.22. The number of likely N-dealkylation sites (N-methyl/N-ethyl adjacent to an activating group) is 1. The number of hydrogen-bond donors (Lipinski definition) is 2. The number of likely N-dealkylation sites (tertiary alicyclic amines) is 1. The number of carbonyl (C=O) groups is 2. The number of nitrogens with one attached hydrogen (secondary N) is 2. The summed E-state index contributed by atoms with van der Waals surface area (Å²) in [5.74, 6) is 0.00559. The summed E-state index contributed by atoms with van der Waals surface area (Å²) in [6.45, 7) is 3.61. The standard InChI is InChI=1S/C17H22N4O2/c1-12(22)15-4-3-13(10-18)9-16(15)20-14-5-7-21(8-6-14)11-17(23)19-2/h3-4,9,14,20H,5-8,11H2,1-2H3,(H,19,23). The lowest BCUT2D eigenvalue weighted by molar-refractivity contribution is -0.122. The zero-order valence-electron chi connectivity index (χ0n) is 13.6.